The second-order valence-electron chi connectivity index (χ2n) is 5.36. The van der Waals surface area contributed by atoms with Crippen LogP contribution in [0, 0.1) is 5.82 Å². The van der Waals surface area contributed by atoms with E-state index in [2.05, 4.69) is 10.2 Å². The number of halogens is 2. The zero-order valence-electron chi connectivity index (χ0n) is 12.6. The Bertz CT molecular complexity index is 812. The van der Waals surface area contributed by atoms with Crippen molar-refractivity contribution in [2.24, 2.45) is 0 Å². The quantitative estimate of drug-likeness (QED) is 0.825. The number of sulfonamides is 1. The van der Waals surface area contributed by atoms with Crippen LogP contribution in [0.5, 0.6) is 5.88 Å². The van der Waals surface area contributed by atoms with Gasteiger partial charge in [-0.1, -0.05) is 11.6 Å². The fourth-order valence-corrected chi connectivity index (χ4v) is 4.24. The molecule has 0 atom stereocenters. The Kier molecular flexibility index (Phi) is 4.98. The molecule has 0 spiro atoms. The van der Waals surface area contributed by atoms with Crippen LogP contribution in [0.2, 0.25) is 5.02 Å². The molecule has 2 aromatic rings. The fourth-order valence-electron chi connectivity index (χ4n) is 2.50. The Morgan fingerprint density at radius 3 is 2.62 bits per heavy atom. The van der Waals surface area contributed by atoms with Crippen molar-refractivity contribution >= 4 is 21.6 Å². The maximum absolute atomic E-state index is 13.2. The highest BCUT2D eigenvalue weighted by Crippen LogP contribution is 2.25. The Hall–Kier alpha value is -1.77. The number of benzene rings is 1. The molecule has 128 valence electrons. The van der Waals surface area contributed by atoms with Crippen molar-refractivity contribution in [1.82, 2.24) is 14.5 Å². The van der Waals surface area contributed by atoms with Crippen LogP contribution in [0.15, 0.2) is 41.4 Å². The molecule has 1 aliphatic heterocycles. The van der Waals surface area contributed by atoms with Crippen molar-refractivity contribution in [3.05, 3.63) is 47.4 Å². The molecule has 0 bridgehead atoms. The SMILES string of the molecule is O=S(=O)(c1ccc(F)c(Cl)c1)N1CCC(Oc2cccnn2)CC1. The van der Waals surface area contributed by atoms with E-state index in [1.165, 1.54) is 10.4 Å². The smallest absolute Gasteiger partial charge is 0.243 e. The lowest BCUT2D eigenvalue weighted by Gasteiger charge is -2.31. The second-order valence-corrected chi connectivity index (χ2v) is 7.70. The molecule has 1 aromatic heterocycles. The van der Waals surface area contributed by atoms with Gasteiger partial charge in [0.2, 0.25) is 15.9 Å². The molecule has 1 saturated heterocycles. The number of aromatic nitrogens is 2. The molecule has 0 radical (unpaired) electrons. The molecule has 1 aliphatic rings. The van der Waals surface area contributed by atoms with E-state index >= 15 is 0 Å². The fraction of sp³-hybridized carbons (Fsp3) is 0.333. The summed E-state index contributed by atoms with van der Waals surface area (Å²) in [5.41, 5.74) is 0. The van der Waals surface area contributed by atoms with Crippen molar-refractivity contribution in [2.75, 3.05) is 13.1 Å². The van der Waals surface area contributed by atoms with Crippen LogP contribution in [0.4, 0.5) is 4.39 Å². The molecule has 9 heteroatoms. The van der Waals surface area contributed by atoms with Crippen molar-refractivity contribution in [3.8, 4) is 5.88 Å². The average molecular weight is 372 g/mol. The minimum atomic E-state index is -3.70. The van der Waals surface area contributed by atoms with Gasteiger partial charge in [0, 0.05) is 25.4 Å². The molecule has 1 aromatic carbocycles. The van der Waals surface area contributed by atoms with Gasteiger partial charge in [-0.3, -0.25) is 0 Å². The van der Waals surface area contributed by atoms with Crippen molar-refractivity contribution < 1.29 is 17.5 Å². The summed E-state index contributed by atoms with van der Waals surface area (Å²) >= 11 is 5.68. The van der Waals surface area contributed by atoms with Gasteiger partial charge in [-0.15, -0.1) is 5.10 Å². The van der Waals surface area contributed by atoms with Gasteiger partial charge in [-0.25, -0.2) is 12.8 Å². The third-order valence-electron chi connectivity index (χ3n) is 3.77. The normalized spacial score (nSPS) is 16.9. The molecular weight excluding hydrogens is 357 g/mol. The third-order valence-corrected chi connectivity index (χ3v) is 5.95. The number of ether oxygens (including phenoxy) is 1. The van der Waals surface area contributed by atoms with E-state index in [9.17, 15) is 12.8 Å². The first-order chi connectivity index (χ1) is 11.5. The van der Waals surface area contributed by atoms with Crippen LogP contribution in [-0.2, 0) is 10.0 Å². The second kappa shape index (κ2) is 7.00. The minimum absolute atomic E-state index is 0.0119. The summed E-state index contributed by atoms with van der Waals surface area (Å²) in [6, 6.07) is 6.84. The Morgan fingerprint density at radius 2 is 2.00 bits per heavy atom. The summed E-state index contributed by atoms with van der Waals surface area (Å²) in [5.74, 6) is -0.226. The van der Waals surface area contributed by atoms with Crippen LogP contribution >= 0.6 is 11.6 Å². The van der Waals surface area contributed by atoms with Gasteiger partial charge in [0.25, 0.3) is 0 Å². The highest BCUT2D eigenvalue weighted by Gasteiger charge is 2.30. The highest BCUT2D eigenvalue weighted by molar-refractivity contribution is 7.89. The van der Waals surface area contributed by atoms with Crippen molar-refractivity contribution in [1.29, 1.82) is 0 Å². The molecule has 2 heterocycles. The van der Waals surface area contributed by atoms with Gasteiger partial charge in [-0.2, -0.15) is 9.40 Å². The van der Waals surface area contributed by atoms with Gasteiger partial charge >= 0.3 is 0 Å². The molecule has 3 rings (SSSR count). The highest BCUT2D eigenvalue weighted by atomic mass is 35.5. The van der Waals surface area contributed by atoms with Crippen molar-refractivity contribution in [3.63, 3.8) is 0 Å². The standard InChI is InChI=1S/C15H15ClFN3O3S/c16-13-10-12(3-4-14(13)17)24(21,22)20-8-5-11(6-9-20)23-15-2-1-7-18-19-15/h1-4,7,10-11H,5-6,8-9H2. The van der Waals surface area contributed by atoms with E-state index in [1.807, 2.05) is 0 Å². The van der Waals surface area contributed by atoms with E-state index in [4.69, 9.17) is 16.3 Å². The molecule has 0 unspecified atom stereocenters. The minimum Gasteiger partial charge on any atom is -0.473 e. The van der Waals surface area contributed by atoms with Crippen molar-refractivity contribution in [2.45, 2.75) is 23.8 Å². The topological polar surface area (TPSA) is 72.4 Å². The number of hydrogen-bond acceptors (Lipinski definition) is 5. The Labute approximate surface area is 144 Å². The number of hydrogen-bond donors (Lipinski definition) is 0. The van der Waals surface area contributed by atoms with E-state index in [0.29, 0.717) is 31.8 Å². The zero-order valence-corrected chi connectivity index (χ0v) is 14.2. The third kappa shape index (κ3) is 3.66. The van der Waals surface area contributed by atoms with Crippen LogP contribution in [0.1, 0.15) is 12.8 Å². The van der Waals surface area contributed by atoms with Gasteiger partial charge in [0.15, 0.2) is 0 Å². The van der Waals surface area contributed by atoms with Gasteiger partial charge in [-0.05, 0) is 37.1 Å². The maximum Gasteiger partial charge on any atom is 0.243 e. The van der Waals surface area contributed by atoms with E-state index in [1.54, 1.807) is 18.3 Å². The van der Waals surface area contributed by atoms with E-state index in [-0.39, 0.29) is 16.0 Å². The lowest BCUT2D eigenvalue weighted by atomic mass is 10.1. The molecule has 0 saturated carbocycles. The van der Waals surface area contributed by atoms with E-state index in [0.717, 1.165) is 12.1 Å². The van der Waals surface area contributed by atoms with E-state index < -0.39 is 15.8 Å². The summed E-state index contributed by atoms with van der Waals surface area (Å²) in [6.45, 7) is 0.616. The largest absolute Gasteiger partial charge is 0.473 e. The summed E-state index contributed by atoms with van der Waals surface area (Å²) < 4.78 is 45.5. The number of rotatable bonds is 4. The molecular formula is C15H15ClFN3O3S. The Balaban J connectivity index is 1.66. The van der Waals surface area contributed by atoms with Crippen LogP contribution in [0.25, 0.3) is 0 Å². The van der Waals surface area contributed by atoms with Crippen LogP contribution in [0.3, 0.4) is 0 Å². The van der Waals surface area contributed by atoms with Gasteiger partial charge in [0.1, 0.15) is 11.9 Å². The lowest BCUT2D eigenvalue weighted by molar-refractivity contribution is 0.128. The number of piperidine rings is 1. The monoisotopic (exact) mass is 371 g/mol. The predicted molar refractivity (Wildman–Crippen MR) is 85.9 cm³/mol. The van der Waals surface area contributed by atoms with Gasteiger partial charge < -0.3 is 4.74 Å². The number of nitrogens with zero attached hydrogens (tertiary/aromatic N) is 3. The molecule has 0 amide bonds. The first-order valence-electron chi connectivity index (χ1n) is 7.36. The lowest BCUT2D eigenvalue weighted by Crippen LogP contribution is -2.41. The summed E-state index contributed by atoms with van der Waals surface area (Å²) in [6.07, 6.45) is 2.50. The summed E-state index contributed by atoms with van der Waals surface area (Å²) in [4.78, 5) is -0.0119. The summed E-state index contributed by atoms with van der Waals surface area (Å²) in [7, 11) is -3.70. The average Bonchev–Trinajstić information content (AvgIpc) is 2.58. The maximum atomic E-state index is 13.2. The molecule has 1 fully saturated rings. The first kappa shape index (κ1) is 17.1. The van der Waals surface area contributed by atoms with Crippen LogP contribution < -0.4 is 4.74 Å². The first-order valence-corrected chi connectivity index (χ1v) is 9.18. The molecule has 24 heavy (non-hydrogen) atoms. The van der Waals surface area contributed by atoms with Gasteiger partial charge in [0.05, 0.1) is 9.92 Å². The summed E-state index contributed by atoms with van der Waals surface area (Å²) in [5, 5.41) is 7.38. The van der Waals surface area contributed by atoms with Crippen LogP contribution in [-0.4, -0.2) is 42.1 Å². The molecule has 0 N–H and O–H groups in total. The molecule has 6 nitrogen and oxygen atoms in total. The molecule has 0 aliphatic carbocycles. The zero-order chi connectivity index (χ0) is 17.2. The Morgan fingerprint density at radius 1 is 1.25 bits per heavy atom. The predicted octanol–water partition coefficient (Wildman–Crippen LogP) is 2.50.